The van der Waals surface area contributed by atoms with Gasteiger partial charge in [-0.25, -0.2) is 4.39 Å². The summed E-state index contributed by atoms with van der Waals surface area (Å²) in [7, 11) is 0. The van der Waals surface area contributed by atoms with E-state index in [4.69, 9.17) is 11.0 Å². The van der Waals surface area contributed by atoms with E-state index in [-0.39, 0.29) is 12.0 Å². The summed E-state index contributed by atoms with van der Waals surface area (Å²) in [6.07, 6.45) is 0.640. The zero-order valence-corrected chi connectivity index (χ0v) is 7.46. The van der Waals surface area contributed by atoms with Crippen molar-refractivity contribution in [1.82, 2.24) is 0 Å². The van der Waals surface area contributed by atoms with Crippen LogP contribution in [-0.4, -0.2) is 5.91 Å². The molecule has 1 aromatic rings. The van der Waals surface area contributed by atoms with Gasteiger partial charge in [0, 0.05) is 6.42 Å². The molecule has 2 N–H and O–H groups in total. The highest BCUT2D eigenvalue weighted by atomic mass is 19.1. The highest BCUT2D eigenvalue weighted by Gasteiger charge is 2.03. The first-order valence-corrected chi connectivity index (χ1v) is 4.10. The summed E-state index contributed by atoms with van der Waals surface area (Å²) in [6.45, 7) is 0. The molecule has 0 aliphatic carbocycles. The van der Waals surface area contributed by atoms with Crippen LogP contribution in [0.3, 0.4) is 0 Å². The van der Waals surface area contributed by atoms with E-state index in [1.54, 1.807) is 12.1 Å². The van der Waals surface area contributed by atoms with Gasteiger partial charge in [-0.1, -0.05) is 6.07 Å². The van der Waals surface area contributed by atoms with Crippen LogP contribution in [0.2, 0.25) is 0 Å². The Morgan fingerprint density at radius 2 is 2.29 bits per heavy atom. The average molecular weight is 192 g/mol. The lowest BCUT2D eigenvalue weighted by molar-refractivity contribution is -0.117. The summed E-state index contributed by atoms with van der Waals surface area (Å²) in [5.74, 6) is -0.955. The van der Waals surface area contributed by atoms with Crippen molar-refractivity contribution < 1.29 is 9.18 Å². The Morgan fingerprint density at radius 1 is 1.57 bits per heavy atom. The molecular weight excluding hydrogens is 183 g/mol. The molecule has 0 heterocycles. The minimum absolute atomic E-state index is 0.00743. The molecule has 14 heavy (non-hydrogen) atoms. The third kappa shape index (κ3) is 2.56. The first-order chi connectivity index (χ1) is 6.63. The van der Waals surface area contributed by atoms with E-state index in [2.05, 4.69) is 0 Å². The summed E-state index contributed by atoms with van der Waals surface area (Å²) in [5, 5.41) is 8.54. The Labute approximate surface area is 81.0 Å². The molecule has 0 aliphatic heterocycles. The maximum atomic E-state index is 12.9. The zero-order chi connectivity index (χ0) is 10.6. The van der Waals surface area contributed by atoms with Crippen LogP contribution >= 0.6 is 0 Å². The van der Waals surface area contributed by atoms with Gasteiger partial charge in [-0.3, -0.25) is 4.79 Å². The van der Waals surface area contributed by atoms with Crippen molar-refractivity contribution in [2.45, 2.75) is 12.8 Å². The highest BCUT2D eigenvalue weighted by molar-refractivity contribution is 5.74. The van der Waals surface area contributed by atoms with Crippen molar-refractivity contribution in [2.24, 2.45) is 5.73 Å². The number of benzene rings is 1. The SMILES string of the molecule is N#Cc1cc(CCC(N)=O)ccc1F. The Balaban J connectivity index is 2.80. The molecule has 0 unspecified atom stereocenters. The molecule has 0 saturated heterocycles. The van der Waals surface area contributed by atoms with Gasteiger partial charge >= 0.3 is 0 Å². The molecule has 0 aromatic heterocycles. The van der Waals surface area contributed by atoms with Gasteiger partial charge in [-0.2, -0.15) is 5.26 Å². The topological polar surface area (TPSA) is 66.9 Å². The van der Waals surface area contributed by atoms with Crippen LogP contribution in [-0.2, 0) is 11.2 Å². The van der Waals surface area contributed by atoms with Crippen LogP contribution in [0, 0.1) is 17.1 Å². The smallest absolute Gasteiger partial charge is 0.217 e. The third-order valence-corrected chi connectivity index (χ3v) is 1.81. The fourth-order valence-corrected chi connectivity index (χ4v) is 1.08. The number of primary amides is 1. The summed E-state index contributed by atoms with van der Waals surface area (Å²) in [6, 6.07) is 5.92. The van der Waals surface area contributed by atoms with Crippen LogP contribution < -0.4 is 5.73 Å². The van der Waals surface area contributed by atoms with Crippen LogP contribution in [0.4, 0.5) is 4.39 Å². The van der Waals surface area contributed by atoms with Gasteiger partial charge < -0.3 is 5.73 Å². The lowest BCUT2D eigenvalue weighted by Gasteiger charge is -2.00. The molecule has 1 amide bonds. The Morgan fingerprint density at radius 3 is 2.86 bits per heavy atom. The molecule has 72 valence electrons. The van der Waals surface area contributed by atoms with Gasteiger partial charge in [0.15, 0.2) is 0 Å². The summed E-state index contributed by atoms with van der Waals surface area (Å²) in [4.78, 5) is 10.5. The number of hydrogen-bond acceptors (Lipinski definition) is 2. The Kier molecular flexibility index (Phi) is 3.19. The van der Waals surface area contributed by atoms with Crippen molar-refractivity contribution in [3.63, 3.8) is 0 Å². The van der Waals surface area contributed by atoms with Crippen molar-refractivity contribution in [1.29, 1.82) is 5.26 Å². The third-order valence-electron chi connectivity index (χ3n) is 1.81. The molecule has 0 spiro atoms. The van der Waals surface area contributed by atoms with E-state index < -0.39 is 11.7 Å². The van der Waals surface area contributed by atoms with Gasteiger partial charge in [0.1, 0.15) is 11.9 Å². The maximum absolute atomic E-state index is 12.9. The number of nitriles is 1. The monoisotopic (exact) mass is 192 g/mol. The first kappa shape index (κ1) is 10.2. The molecule has 1 rings (SSSR count). The largest absolute Gasteiger partial charge is 0.370 e. The van der Waals surface area contributed by atoms with Gasteiger partial charge in [0.05, 0.1) is 5.56 Å². The summed E-state index contributed by atoms with van der Waals surface area (Å²) >= 11 is 0. The quantitative estimate of drug-likeness (QED) is 0.779. The minimum atomic E-state index is -0.546. The van der Waals surface area contributed by atoms with Crippen LogP contribution in [0.1, 0.15) is 17.5 Å². The van der Waals surface area contributed by atoms with Gasteiger partial charge in [-0.15, -0.1) is 0 Å². The van der Waals surface area contributed by atoms with Crippen LogP contribution in [0.15, 0.2) is 18.2 Å². The van der Waals surface area contributed by atoms with Crippen LogP contribution in [0.5, 0.6) is 0 Å². The van der Waals surface area contributed by atoms with Gasteiger partial charge in [-0.05, 0) is 24.1 Å². The number of rotatable bonds is 3. The molecule has 1 aromatic carbocycles. The molecule has 0 atom stereocenters. The normalized spacial score (nSPS) is 9.43. The summed E-state index contributed by atoms with van der Waals surface area (Å²) in [5.41, 5.74) is 5.69. The van der Waals surface area contributed by atoms with Gasteiger partial charge in [0.25, 0.3) is 0 Å². The number of carbonyl (C=O) groups is 1. The fourth-order valence-electron chi connectivity index (χ4n) is 1.08. The number of halogens is 1. The van der Waals surface area contributed by atoms with E-state index in [1.165, 1.54) is 12.1 Å². The number of nitrogens with two attached hydrogens (primary N) is 1. The molecule has 0 radical (unpaired) electrons. The van der Waals surface area contributed by atoms with E-state index in [9.17, 15) is 9.18 Å². The van der Waals surface area contributed by atoms with Gasteiger partial charge in [0.2, 0.25) is 5.91 Å². The molecule has 0 saturated carbocycles. The number of hydrogen-bond donors (Lipinski definition) is 1. The fraction of sp³-hybridized carbons (Fsp3) is 0.200. The number of nitrogens with zero attached hydrogens (tertiary/aromatic N) is 1. The number of carbonyl (C=O) groups excluding carboxylic acids is 1. The maximum Gasteiger partial charge on any atom is 0.217 e. The highest BCUT2D eigenvalue weighted by Crippen LogP contribution is 2.10. The zero-order valence-electron chi connectivity index (χ0n) is 7.46. The molecule has 3 nitrogen and oxygen atoms in total. The minimum Gasteiger partial charge on any atom is -0.370 e. The van der Waals surface area contributed by atoms with E-state index >= 15 is 0 Å². The predicted molar refractivity (Wildman–Crippen MR) is 48.6 cm³/mol. The van der Waals surface area contributed by atoms with Crippen molar-refractivity contribution in [3.05, 3.63) is 35.1 Å². The first-order valence-electron chi connectivity index (χ1n) is 4.10. The Bertz CT molecular complexity index is 396. The molecule has 0 fully saturated rings. The molecular formula is C10H9FN2O. The molecule has 0 bridgehead atoms. The van der Waals surface area contributed by atoms with Crippen molar-refractivity contribution in [2.75, 3.05) is 0 Å². The average Bonchev–Trinajstić information content (AvgIpc) is 2.16. The molecule has 0 aliphatic rings. The van der Waals surface area contributed by atoms with Crippen molar-refractivity contribution in [3.8, 4) is 6.07 Å². The number of amides is 1. The van der Waals surface area contributed by atoms with E-state index in [0.29, 0.717) is 6.42 Å². The standard InChI is InChI=1S/C10H9FN2O/c11-9-3-1-7(2-4-10(13)14)5-8(9)6-12/h1,3,5H,2,4H2,(H2,13,14). The van der Waals surface area contributed by atoms with E-state index in [1.807, 2.05) is 0 Å². The van der Waals surface area contributed by atoms with Crippen LogP contribution in [0.25, 0.3) is 0 Å². The summed E-state index contributed by atoms with van der Waals surface area (Å²) < 4.78 is 12.9. The second kappa shape index (κ2) is 4.38. The lowest BCUT2D eigenvalue weighted by atomic mass is 10.1. The number of aryl methyl sites for hydroxylation is 1. The molecule has 4 heteroatoms. The lowest BCUT2D eigenvalue weighted by Crippen LogP contribution is -2.11. The van der Waals surface area contributed by atoms with E-state index in [0.717, 1.165) is 5.56 Å². The van der Waals surface area contributed by atoms with Crippen molar-refractivity contribution >= 4 is 5.91 Å². The second-order valence-corrected chi connectivity index (χ2v) is 2.89. The second-order valence-electron chi connectivity index (χ2n) is 2.89. The Hall–Kier alpha value is -1.89. The predicted octanol–water partition coefficient (Wildman–Crippen LogP) is 1.12.